The smallest absolute Gasteiger partial charge is 0.344 e. The first-order valence-corrected chi connectivity index (χ1v) is 9.58. The average Bonchev–Trinajstić information content (AvgIpc) is 3.10. The highest BCUT2D eigenvalue weighted by atomic mass is 16.5. The van der Waals surface area contributed by atoms with Crippen molar-refractivity contribution in [1.29, 1.82) is 0 Å². The van der Waals surface area contributed by atoms with Crippen molar-refractivity contribution in [2.75, 3.05) is 6.54 Å². The van der Waals surface area contributed by atoms with Crippen LogP contribution in [0.2, 0.25) is 0 Å². The fourth-order valence-electron chi connectivity index (χ4n) is 3.27. The summed E-state index contributed by atoms with van der Waals surface area (Å²) in [5, 5.41) is 23.9. The molecule has 7 heteroatoms. The van der Waals surface area contributed by atoms with E-state index in [-0.39, 0.29) is 5.54 Å². The van der Waals surface area contributed by atoms with Crippen molar-refractivity contribution in [1.82, 2.24) is 15.3 Å². The third-order valence-electron chi connectivity index (χ3n) is 4.89. The number of carbonyl (C=O) groups is 1. The summed E-state index contributed by atoms with van der Waals surface area (Å²) < 4.78 is 5.58. The number of hydrogen-bond donors (Lipinski definition) is 4. The van der Waals surface area contributed by atoms with Crippen LogP contribution in [-0.2, 0) is 11.2 Å². The second kappa shape index (κ2) is 8.63. The van der Waals surface area contributed by atoms with Gasteiger partial charge in [0.2, 0.25) is 0 Å². The zero-order chi connectivity index (χ0) is 21.0. The summed E-state index contributed by atoms with van der Waals surface area (Å²) in [4.78, 5) is 18.3. The lowest BCUT2D eigenvalue weighted by molar-refractivity contribution is -0.144. The number of carboxylic acid groups (broad SMARTS) is 1. The summed E-state index contributed by atoms with van der Waals surface area (Å²) in [5.74, 6) is -0.493. The summed E-state index contributed by atoms with van der Waals surface area (Å²) in [5.41, 5.74) is 2.37. The van der Waals surface area contributed by atoms with Crippen LogP contribution >= 0.6 is 0 Å². The molecule has 3 rings (SSSR count). The van der Waals surface area contributed by atoms with Gasteiger partial charge in [0.15, 0.2) is 6.10 Å². The Hall–Kier alpha value is -2.90. The molecule has 0 aliphatic heterocycles. The summed E-state index contributed by atoms with van der Waals surface area (Å²) in [7, 11) is 0. The number of rotatable bonds is 9. The number of pyridine rings is 1. The number of aromatic amines is 1. The van der Waals surface area contributed by atoms with Crippen LogP contribution in [0.4, 0.5) is 0 Å². The van der Waals surface area contributed by atoms with Gasteiger partial charge in [0, 0.05) is 41.6 Å². The molecule has 7 nitrogen and oxygen atoms in total. The molecule has 0 spiro atoms. The number of nitrogens with zero attached hydrogens (tertiary/aromatic N) is 1. The molecular weight excluding hydrogens is 370 g/mol. The van der Waals surface area contributed by atoms with Gasteiger partial charge in [-0.25, -0.2) is 4.79 Å². The van der Waals surface area contributed by atoms with Crippen LogP contribution in [0.3, 0.4) is 0 Å². The third-order valence-corrected chi connectivity index (χ3v) is 4.89. The minimum Gasteiger partial charge on any atom is -0.479 e. The molecule has 0 unspecified atom stereocenters. The molecule has 0 aliphatic rings. The normalized spacial score (nSPS) is 13.9. The van der Waals surface area contributed by atoms with Gasteiger partial charge in [-0.05, 0) is 44.9 Å². The molecule has 2 aromatic heterocycles. The van der Waals surface area contributed by atoms with Crippen molar-refractivity contribution in [2.45, 2.75) is 44.9 Å². The molecule has 154 valence electrons. The van der Waals surface area contributed by atoms with Crippen molar-refractivity contribution in [2.24, 2.45) is 0 Å². The highest BCUT2D eigenvalue weighted by Crippen LogP contribution is 2.30. The van der Waals surface area contributed by atoms with Gasteiger partial charge in [0.1, 0.15) is 5.75 Å². The summed E-state index contributed by atoms with van der Waals surface area (Å²) in [6.45, 7) is 6.07. The van der Waals surface area contributed by atoms with Gasteiger partial charge < -0.3 is 25.3 Å². The maximum atomic E-state index is 11.1. The van der Waals surface area contributed by atoms with E-state index in [0.717, 1.165) is 22.0 Å². The van der Waals surface area contributed by atoms with Crippen LogP contribution in [0.25, 0.3) is 10.9 Å². The summed E-state index contributed by atoms with van der Waals surface area (Å²) in [6.07, 6.45) is 4.41. The minimum atomic E-state index is -1.01. The van der Waals surface area contributed by atoms with E-state index in [2.05, 4.69) is 29.1 Å². The number of ether oxygens (including phenoxy) is 1. The topological polar surface area (TPSA) is 107 Å². The fourth-order valence-corrected chi connectivity index (χ4v) is 3.27. The molecule has 0 amide bonds. The number of nitrogens with one attached hydrogen (secondary N) is 2. The van der Waals surface area contributed by atoms with Crippen molar-refractivity contribution in [3.63, 3.8) is 0 Å². The Bertz CT molecular complexity index is 969. The first-order valence-electron chi connectivity index (χ1n) is 9.58. The van der Waals surface area contributed by atoms with Crippen LogP contribution < -0.4 is 10.1 Å². The maximum Gasteiger partial charge on any atom is 0.344 e. The molecule has 29 heavy (non-hydrogen) atoms. The maximum absolute atomic E-state index is 11.1. The number of hydrogen-bond acceptors (Lipinski definition) is 5. The molecule has 2 atom stereocenters. The summed E-state index contributed by atoms with van der Waals surface area (Å²) in [6, 6.07) is 9.26. The third kappa shape index (κ3) is 5.13. The fraction of sp³-hybridized carbons (Fsp3) is 0.364. The second-order valence-corrected chi connectivity index (χ2v) is 7.83. The first kappa shape index (κ1) is 20.8. The molecule has 3 aromatic rings. The highest BCUT2D eigenvalue weighted by molar-refractivity contribution is 5.88. The van der Waals surface area contributed by atoms with Crippen molar-refractivity contribution in [3.8, 4) is 5.75 Å². The SMILES string of the molecule is C[C@H](Oc1cccc2c(CC(C)(C)NC[C@@H](O)c3cccnc3)c[nH]c12)C(=O)O. The largest absolute Gasteiger partial charge is 0.479 e. The van der Waals surface area contributed by atoms with Gasteiger partial charge in [-0.15, -0.1) is 0 Å². The predicted molar refractivity (Wildman–Crippen MR) is 111 cm³/mol. The van der Waals surface area contributed by atoms with Gasteiger partial charge in [0.25, 0.3) is 0 Å². The van der Waals surface area contributed by atoms with Gasteiger partial charge >= 0.3 is 5.97 Å². The van der Waals surface area contributed by atoms with Crippen LogP contribution in [-0.4, -0.2) is 44.3 Å². The van der Waals surface area contributed by atoms with Crippen LogP contribution in [0.15, 0.2) is 48.9 Å². The van der Waals surface area contributed by atoms with E-state index in [4.69, 9.17) is 9.84 Å². The lowest BCUT2D eigenvalue weighted by Crippen LogP contribution is -2.43. The molecule has 0 saturated carbocycles. The van der Waals surface area contributed by atoms with Crippen LogP contribution in [0, 0.1) is 0 Å². The van der Waals surface area contributed by atoms with Crippen LogP contribution in [0.5, 0.6) is 5.75 Å². The lowest BCUT2D eigenvalue weighted by atomic mass is 9.94. The molecule has 0 aliphatic carbocycles. The number of aliphatic hydroxyl groups is 1. The molecule has 1 aromatic carbocycles. The molecular formula is C22H27N3O4. The highest BCUT2D eigenvalue weighted by Gasteiger charge is 2.22. The zero-order valence-electron chi connectivity index (χ0n) is 16.8. The number of H-pyrrole nitrogens is 1. The first-order chi connectivity index (χ1) is 13.8. The quantitative estimate of drug-likeness (QED) is 0.442. The predicted octanol–water partition coefficient (Wildman–Crippen LogP) is 3.06. The Kier molecular flexibility index (Phi) is 6.20. The van der Waals surface area contributed by atoms with Gasteiger partial charge in [-0.2, -0.15) is 0 Å². The number of carboxylic acids is 1. The van der Waals surface area contributed by atoms with Crippen molar-refractivity contribution < 1.29 is 19.7 Å². The number of aliphatic carboxylic acids is 1. The van der Waals surface area contributed by atoms with Crippen LogP contribution in [0.1, 0.15) is 38.0 Å². The van der Waals surface area contributed by atoms with Gasteiger partial charge in [-0.1, -0.05) is 18.2 Å². The number of para-hydroxylation sites is 1. The van der Waals surface area contributed by atoms with Crippen molar-refractivity contribution in [3.05, 3.63) is 60.0 Å². The molecule has 0 bridgehead atoms. The van der Waals surface area contributed by atoms with E-state index >= 15 is 0 Å². The van der Waals surface area contributed by atoms with E-state index in [1.54, 1.807) is 24.5 Å². The molecule has 0 fully saturated rings. The van der Waals surface area contributed by atoms with E-state index in [1.165, 1.54) is 6.92 Å². The summed E-state index contributed by atoms with van der Waals surface area (Å²) >= 11 is 0. The Morgan fingerprint density at radius 2 is 2.10 bits per heavy atom. The standard InChI is InChI=1S/C22H27N3O4/c1-14(21(27)28)29-19-8-4-7-17-16(12-24-20(17)19)10-22(2,3)25-13-18(26)15-6-5-9-23-11-15/h4-9,11-12,14,18,24-26H,10,13H2,1-3H3,(H,27,28)/t14-,18+/m0/s1. The lowest BCUT2D eigenvalue weighted by Gasteiger charge is -2.28. The van der Waals surface area contributed by atoms with E-state index in [9.17, 15) is 9.90 Å². The number of aliphatic hydroxyl groups excluding tert-OH is 1. The Morgan fingerprint density at radius 3 is 2.79 bits per heavy atom. The Balaban J connectivity index is 1.71. The molecule has 2 heterocycles. The van der Waals surface area contributed by atoms with Gasteiger partial charge in [-0.3, -0.25) is 4.98 Å². The van der Waals surface area contributed by atoms with E-state index in [0.29, 0.717) is 18.7 Å². The van der Waals surface area contributed by atoms with Crippen molar-refractivity contribution >= 4 is 16.9 Å². The Labute approximate surface area is 169 Å². The minimum absolute atomic E-state index is 0.274. The number of benzene rings is 1. The average molecular weight is 397 g/mol. The molecule has 0 saturated heterocycles. The van der Waals surface area contributed by atoms with E-state index < -0.39 is 18.2 Å². The van der Waals surface area contributed by atoms with E-state index in [1.807, 2.05) is 24.4 Å². The molecule has 0 radical (unpaired) electrons. The monoisotopic (exact) mass is 397 g/mol. The number of aromatic nitrogens is 2. The number of β-amino-alcohol motifs (C(OH)–C–C–N with tert-alkyl or cyclic N) is 1. The second-order valence-electron chi connectivity index (χ2n) is 7.83. The molecule has 4 N–H and O–H groups in total. The zero-order valence-corrected chi connectivity index (χ0v) is 16.8. The number of fused-ring (bicyclic) bond motifs is 1. The van der Waals surface area contributed by atoms with Gasteiger partial charge in [0.05, 0.1) is 11.6 Å². The Morgan fingerprint density at radius 1 is 1.31 bits per heavy atom.